The van der Waals surface area contributed by atoms with Crippen LogP contribution in [0.5, 0.6) is 0 Å². The molecule has 2 aromatic rings. The van der Waals surface area contributed by atoms with E-state index in [-0.39, 0.29) is 0 Å². The van der Waals surface area contributed by atoms with Crippen molar-refractivity contribution >= 4 is 28.4 Å². The van der Waals surface area contributed by atoms with E-state index in [0.717, 1.165) is 34.5 Å². The maximum atomic E-state index is 6.26. The zero-order valence-corrected chi connectivity index (χ0v) is 10.1. The minimum atomic E-state index is 0.941. The molecule has 1 aromatic carbocycles. The first-order valence-electron chi connectivity index (χ1n) is 5.51. The zero-order chi connectivity index (χ0) is 11.1. The van der Waals surface area contributed by atoms with Crippen LogP contribution in [-0.2, 0) is 12.2 Å². The topological polar surface area (TPSA) is 38.9 Å². The summed E-state index contributed by atoms with van der Waals surface area (Å²) in [4.78, 5) is 4.72. The molecule has 0 bridgehead atoms. The molecular weight excluding hydrogens is 216 g/mol. The lowest BCUT2D eigenvalue weighted by atomic mass is 10.0. The molecule has 0 fully saturated rings. The highest BCUT2D eigenvalue weighted by Gasteiger charge is 2.16. The number of nitrogens with two attached hydrogens (primary N) is 1. The fourth-order valence-electron chi connectivity index (χ4n) is 2.20. The maximum Gasteiger partial charge on any atom is 0.0726 e. The number of aryl methyl sites for hydroxylation is 2. The average molecular weight is 230 g/mol. The van der Waals surface area contributed by atoms with Crippen LogP contribution in [0.2, 0.25) is 0 Å². The van der Waals surface area contributed by atoms with Crippen molar-refractivity contribution in [2.45, 2.75) is 19.1 Å². The quantitative estimate of drug-likeness (QED) is 0.756. The molecule has 1 aliphatic rings. The minimum absolute atomic E-state index is 0.941. The van der Waals surface area contributed by atoms with Crippen LogP contribution in [0.25, 0.3) is 10.9 Å². The predicted octanol–water partition coefficient (Wildman–Crippen LogP) is 2.91. The molecule has 3 rings (SSSR count). The molecule has 0 saturated carbocycles. The number of hydrogen-bond donors (Lipinski definition) is 1. The molecule has 0 radical (unpaired) electrons. The van der Waals surface area contributed by atoms with Gasteiger partial charge in [-0.2, -0.15) is 11.8 Å². The van der Waals surface area contributed by atoms with E-state index in [2.05, 4.69) is 25.1 Å². The number of nitrogens with zero attached hydrogens (tertiary/aromatic N) is 1. The zero-order valence-electron chi connectivity index (χ0n) is 9.29. The second-order valence-electron chi connectivity index (χ2n) is 4.27. The molecule has 0 atom stereocenters. The summed E-state index contributed by atoms with van der Waals surface area (Å²) in [6.45, 7) is 2.09. The van der Waals surface area contributed by atoms with E-state index in [0.29, 0.717) is 0 Å². The van der Waals surface area contributed by atoms with E-state index < -0.39 is 0 Å². The van der Waals surface area contributed by atoms with Gasteiger partial charge in [0.15, 0.2) is 0 Å². The Labute approximate surface area is 99.2 Å². The summed E-state index contributed by atoms with van der Waals surface area (Å²) in [6.07, 6.45) is 1.05. The highest BCUT2D eigenvalue weighted by molar-refractivity contribution is 7.98. The third-order valence-electron chi connectivity index (χ3n) is 3.10. The number of thioether (sulfide) groups is 1. The average Bonchev–Trinajstić information content (AvgIpc) is 2.31. The molecule has 2 N–H and O–H groups in total. The number of anilines is 1. The molecule has 3 heteroatoms. The summed E-state index contributed by atoms with van der Waals surface area (Å²) in [5.41, 5.74) is 11.9. The van der Waals surface area contributed by atoms with E-state index >= 15 is 0 Å². The minimum Gasteiger partial charge on any atom is -0.398 e. The summed E-state index contributed by atoms with van der Waals surface area (Å²) < 4.78 is 0. The lowest BCUT2D eigenvalue weighted by molar-refractivity contribution is 1.01. The second-order valence-corrected chi connectivity index (χ2v) is 5.38. The van der Waals surface area contributed by atoms with Crippen LogP contribution in [0.3, 0.4) is 0 Å². The van der Waals surface area contributed by atoms with Crippen LogP contribution < -0.4 is 5.73 Å². The number of benzene rings is 1. The first-order valence-corrected chi connectivity index (χ1v) is 6.66. The van der Waals surface area contributed by atoms with Crippen molar-refractivity contribution in [3.8, 4) is 0 Å². The molecule has 0 amide bonds. The Bertz CT molecular complexity index is 563. The van der Waals surface area contributed by atoms with Crippen LogP contribution in [-0.4, -0.2) is 10.7 Å². The molecule has 0 unspecified atom stereocenters. The van der Waals surface area contributed by atoms with Gasteiger partial charge in [-0.15, -0.1) is 0 Å². The molecule has 16 heavy (non-hydrogen) atoms. The number of fused-ring (bicyclic) bond motifs is 2. The summed E-state index contributed by atoms with van der Waals surface area (Å²) in [6, 6.07) is 6.30. The van der Waals surface area contributed by atoms with Crippen LogP contribution in [0.4, 0.5) is 5.69 Å². The van der Waals surface area contributed by atoms with Gasteiger partial charge in [0, 0.05) is 28.1 Å². The number of hydrogen-bond acceptors (Lipinski definition) is 3. The SMILES string of the molecule is Cc1ccc2nc3c(c(N)c2c1)CSCC3. The van der Waals surface area contributed by atoms with E-state index in [1.54, 1.807) is 0 Å². The van der Waals surface area contributed by atoms with Crippen molar-refractivity contribution in [3.63, 3.8) is 0 Å². The fourth-order valence-corrected chi connectivity index (χ4v) is 3.21. The summed E-state index contributed by atoms with van der Waals surface area (Å²) >= 11 is 1.94. The Kier molecular flexibility index (Phi) is 2.28. The van der Waals surface area contributed by atoms with Gasteiger partial charge < -0.3 is 5.73 Å². The molecule has 82 valence electrons. The first kappa shape index (κ1) is 9.97. The largest absolute Gasteiger partial charge is 0.398 e. The number of nitrogen functional groups attached to an aromatic ring is 1. The molecule has 2 heterocycles. The van der Waals surface area contributed by atoms with Crippen molar-refractivity contribution in [2.24, 2.45) is 0 Å². The Hall–Kier alpha value is -1.22. The van der Waals surface area contributed by atoms with Crippen molar-refractivity contribution in [3.05, 3.63) is 35.0 Å². The summed E-state index contributed by atoms with van der Waals surface area (Å²) in [5, 5.41) is 1.11. The molecular formula is C13H14N2S. The van der Waals surface area contributed by atoms with Crippen molar-refractivity contribution in [2.75, 3.05) is 11.5 Å². The maximum absolute atomic E-state index is 6.26. The van der Waals surface area contributed by atoms with Crippen molar-refractivity contribution in [1.29, 1.82) is 0 Å². The van der Waals surface area contributed by atoms with Crippen LogP contribution in [0.15, 0.2) is 18.2 Å². The van der Waals surface area contributed by atoms with Gasteiger partial charge in [0.1, 0.15) is 0 Å². The lowest BCUT2D eigenvalue weighted by Crippen LogP contribution is -2.09. The molecule has 0 saturated heterocycles. The monoisotopic (exact) mass is 230 g/mol. The number of pyridine rings is 1. The molecule has 0 spiro atoms. The van der Waals surface area contributed by atoms with Gasteiger partial charge >= 0.3 is 0 Å². The number of rotatable bonds is 0. The van der Waals surface area contributed by atoms with E-state index in [9.17, 15) is 0 Å². The fraction of sp³-hybridized carbons (Fsp3) is 0.308. The summed E-state index contributed by atoms with van der Waals surface area (Å²) in [7, 11) is 0. The van der Waals surface area contributed by atoms with E-state index in [1.807, 2.05) is 11.8 Å². The molecule has 2 nitrogen and oxygen atoms in total. The molecule has 1 aromatic heterocycles. The van der Waals surface area contributed by atoms with E-state index in [4.69, 9.17) is 10.7 Å². The third-order valence-corrected chi connectivity index (χ3v) is 4.09. The normalized spacial score (nSPS) is 15.1. The van der Waals surface area contributed by atoms with Crippen molar-refractivity contribution in [1.82, 2.24) is 4.98 Å². The van der Waals surface area contributed by atoms with Gasteiger partial charge in [-0.3, -0.25) is 4.98 Å². The Morgan fingerprint density at radius 2 is 2.25 bits per heavy atom. The lowest BCUT2D eigenvalue weighted by Gasteiger charge is -2.18. The van der Waals surface area contributed by atoms with Crippen molar-refractivity contribution < 1.29 is 0 Å². The Morgan fingerprint density at radius 1 is 1.38 bits per heavy atom. The van der Waals surface area contributed by atoms with Gasteiger partial charge in [0.05, 0.1) is 5.52 Å². The second kappa shape index (κ2) is 3.67. The Morgan fingerprint density at radius 3 is 3.12 bits per heavy atom. The van der Waals surface area contributed by atoms with Gasteiger partial charge in [0.25, 0.3) is 0 Å². The summed E-state index contributed by atoms with van der Waals surface area (Å²) in [5.74, 6) is 2.18. The molecule has 1 aliphatic heterocycles. The molecule has 0 aliphatic carbocycles. The van der Waals surface area contributed by atoms with Gasteiger partial charge in [0.2, 0.25) is 0 Å². The number of aromatic nitrogens is 1. The Balaban J connectivity index is 2.35. The van der Waals surface area contributed by atoms with E-state index in [1.165, 1.54) is 16.8 Å². The van der Waals surface area contributed by atoms with Crippen LogP contribution >= 0.6 is 11.8 Å². The van der Waals surface area contributed by atoms with Crippen LogP contribution in [0.1, 0.15) is 16.8 Å². The predicted molar refractivity (Wildman–Crippen MR) is 70.8 cm³/mol. The van der Waals surface area contributed by atoms with Gasteiger partial charge in [-0.05, 0) is 31.2 Å². The van der Waals surface area contributed by atoms with Crippen LogP contribution in [0, 0.1) is 6.92 Å². The third kappa shape index (κ3) is 1.47. The van der Waals surface area contributed by atoms with Gasteiger partial charge in [-0.25, -0.2) is 0 Å². The smallest absolute Gasteiger partial charge is 0.0726 e. The standard InChI is InChI=1S/C13H14N2S/c1-8-2-3-11-9(6-8)13(14)10-7-16-5-4-12(10)15-11/h2-3,6H,4-5,7H2,1H3,(H2,14,15). The highest BCUT2D eigenvalue weighted by Crippen LogP contribution is 2.33. The first-order chi connectivity index (χ1) is 7.75. The highest BCUT2D eigenvalue weighted by atomic mass is 32.2. The van der Waals surface area contributed by atoms with Gasteiger partial charge in [-0.1, -0.05) is 11.6 Å².